The van der Waals surface area contributed by atoms with E-state index in [0.717, 1.165) is 23.5 Å². The lowest BCUT2D eigenvalue weighted by Gasteiger charge is -2.36. The fourth-order valence-electron chi connectivity index (χ4n) is 3.57. The number of rotatable bonds is 6. The normalized spacial score (nSPS) is 26.0. The van der Waals surface area contributed by atoms with Gasteiger partial charge in [-0.1, -0.05) is 39.3 Å². The highest BCUT2D eigenvalue weighted by molar-refractivity contribution is 5.28. The molecule has 0 spiro atoms. The van der Waals surface area contributed by atoms with Gasteiger partial charge in [-0.2, -0.15) is 0 Å². The van der Waals surface area contributed by atoms with E-state index in [2.05, 4.69) is 44.3 Å². The van der Waals surface area contributed by atoms with Gasteiger partial charge in [0.15, 0.2) is 0 Å². The van der Waals surface area contributed by atoms with Crippen molar-refractivity contribution >= 4 is 0 Å². The fourth-order valence-corrected chi connectivity index (χ4v) is 3.57. The summed E-state index contributed by atoms with van der Waals surface area (Å²) in [6, 6.07) is 9.18. The van der Waals surface area contributed by atoms with Gasteiger partial charge in [0.05, 0.1) is 7.11 Å². The minimum absolute atomic E-state index is 0.585. The lowest BCUT2D eigenvalue weighted by Crippen LogP contribution is -2.36. The van der Waals surface area contributed by atoms with Crippen LogP contribution in [-0.4, -0.2) is 19.7 Å². The zero-order valence-electron chi connectivity index (χ0n) is 14.1. The summed E-state index contributed by atoms with van der Waals surface area (Å²) in [6.45, 7) is 8.05. The van der Waals surface area contributed by atoms with Gasteiger partial charge in [-0.3, -0.25) is 0 Å². The largest absolute Gasteiger partial charge is 0.497 e. The Bertz CT molecular complexity index is 429. The molecule has 2 heteroatoms. The van der Waals surface area contributed by atoms with Crippen molar-refractivity contribution in [2.24, 2.45) is 17.8 Å². The van der Waals surface area contributed by atoms with Gasteiger partial charge in [-0.05, 0) is 61.3 Å². The van der Waals surface area contributed by atoms with Crippen LogP contribution in [0.2, 0.25) is 0 Å². The highest BCUT2D eigenvalue weighted by Crippen LogP contribution is 2.36. The molecule has 3 unspecified atom stereocenters. The Morgan fingerprint density at radius 1 is 1.24 bits per heavy atom. The summed E-state index contributed by atoms with van der Waals surface area (Å²) in [4.78, 5) is 0. The van der Waals surface area contributed by atoms with Crippen molar-refractivity contribution in [2.75, 3.05) is 13.7 Å². The van der Waals surface area contributed by atoms with Crippen molar-refractivity contribution in [3.63, 3.8) is 0 Å². The molecular weight excluding hydrogens is 258 g/mol. The van der Waals surface area contributed by atoms with Crippen molar-refractivity contribution in [3.8, 4) is 5.75 Å². The molecule has 3 atom stereocenters. The van der Waals surface area contributed by atoms with Crippen LogP contribution in [0, 0.1) is 17.8 Å². The molecule has 1 aromatic carbocycles. The topological polar surface area (TPSA) is 21.3 Å². The van der Waals surface area contributed by atoms with Crippen LogP contribution in [-0.2, 0) is 6.42 Å². The first-order chi connectivity index (χ1) is 10.1. The molecule has 21 heavy (non-hydrogen) atoms. The summed E-state index contributed by atoms with van der Waals surface area (Å²) in [5.41, 5.74) is 1.42. The number of methoxy groups -OCH3 is 1. The Hall–Kier alpha value is -1.02. The van der Waals surface area contributed by atoms with Gasteiger partial charge in [-0.25, -0.2) is 0 Å². The van der Waals surface area contributed by atoms with Gasteiger partial charge in [0.2, 0.25) is 0 Å². The molecule has 1 N–H and O–H groups in total. The van der Waals surface area contributed by atoms with Crippen LogP contribution in [0.1, 0.15) is 45.6 Å². The lowest BCUT2D eigenvalue weighted by atomic mass is 9.72. The van der Waals surface area contributed by atoms with Gasteiger partial charge < -0.3 is 10.1 Å². The van der Waals surface area contributed by atoms with Crippen LogP contribution < -0.4 is 10.1 Å². The summed E-state index contributed by atoms with van der Waals surface area (Å²) in [5.74, 6) is 3.46. The predicted octanol–water partition coefficient (Wildman–Crippen LogP) is 4.29. The van der Waals surface area contributed by atoms with Gasteiger partial charge in [0.25, 0.3) is 0 Å². The second-order valence-corrected chi connectivity index (χ2v) is 7.06. The molecule has 0 amide bonds. The van der Waals surface area contributed by atoms with E-state index in [9.17, 15) is 0 Å². The Balaban J connectivity index is 2.01. The monoisotopic (exact) mass is 289 g/mol. The molecule has 1 aromatic rings. The van der Waals surface area contributed by atoms with E-state index in [0.29, 0.717) is 6.04 Å². The molecule has 0 radical (unpaired) electrons. The van der Waals surface area contributed by atoms with E-state index in [1.165, 1.54) is 37.8 Å². The number of hydrogen-bond donors (Lipinski definition) is 1. The average Bonchev–Trinajstić information content (AvgIpc) is 2.46. The molecule has 1 fully saturated rings. The van der Waals surface area contributed by atoms with E-state index < -0.39 is 0 Å². The van der Waals surface area contributed by atoms with Crippen molar-refractivity contribution in [3.05, 3.63) is 29.8 Å². The second-order valence-electron chi connectivity index (χ2n) is 7.06. The van der Waals surface area contributed by atoms with Gasteiger partial charge in [0.1, 0.15) is 5.75 Å². The first kappa shape index (κ1) is 16.4. The Morgan fingerprint density at radius 2 is 2.05 bits per heavy atom. The lowest BCUT2D eigenvalue weighted by molar-refractivity contribution is 0.181. The summed E-state index contributed by atoms with van der Waals surface area (Å²) in [6.07, 6.45) is 5.31. The third-order valence-corrected chi connectivity index (χ3v) is 4.82. The molecular formula is C19H31NO. The average molecular weight is 289 g/mol. The fraction of sp³-hybridized carbons (Fsp3) is 0.684. The number of nitrogens with one attached hydrogen (secondary N) is 1. The van der Waals surface area contributed by atoms with Crippen molar-refractivity contribution < 1.29 is 4.74 Å². The van der Waals surface area contributed by atoms with Crippen LogP contribution in [0.25, 0.3) is 0 Å². The minimum Gasteiger partial charge on any atom is -0.497 e. The molecule has 0 aromatic heterocycles. The minimum atomic E-state index is 0.585. The Labute approximate surface area is 130 Å². The molecule has 1 aliphatic rings. The summed E-state index contributed by atoms with van der Waals surface area (Å²) in [5, 5.41) is 3.64. The smallest absolute Gasteiger partial charge is 0.119 e. The number of benzene rings is 1. The summed E-state index contributed by atoms with van der Waals surface area (Å²) >= 11 is 0. The maximum atomic E-state index is 5.36. The number of hydrogen-bond acceptors (Lipinski definition) is 2. The van der Waals surface area contributed by atoms with E-state index in [4.69, 9.17) is 4.74 Å². The zero-order valence-corrected chi connectivity index (χ0v) is 14.1. The van der Waals surface area contributed by atoms with Gasteiger partial charge >= 0.3 is 0 Å². The SMILES string of the molecule is COc1cccc(CC2CC(C)CCC2CNC(C)C)c1. The van der Waals surface area contributed by atoms with Crippen LogP contribution >= 0.6 is 0 Å². The molecule has 118 valence electrons. The molecule has 0 bridgehead atoms. The van der Waals surface area contributed by atoms with Crippen molar-refractivity contribution in [1.82, 2.24) is 5.32 Å². The first-order valence-electron chi connectivity index (χ1n) is 8.44. The highest BCUT2D eigenvalue weighted by Gasteiger charge is 2.28. The van der Waals surface area contributed by atoms with Crippen LogP contribution in [0.15, 0.2) is 24.3 Å². The van der Waals surface area contributed by atoms with Crippen LogP contribution in [0.3, 0.4) is 0 Å². The van der Waals surface area contributed by atoms with E-state index in [1.54, 1.807) is 7.11 Å². The van der Waals surface area contributed by atoms with E-state index in [-0.39, 0.29) is 0 Å². The predicted molar refractivity (Wildman–Crippen MR) is 89.8 cm³/mol. The Kier molecular flexibility index (Phi) is 6.10. The second kappa shape index (κ2) is 7.84. The standard InChI is InChI=1S/C19H31NO/c1-14(2)20-13-17-9-8-15(3)10-18(17)11-16-6-5-7-19(12-16)21-4/h5-7,12,14-15,17-18,20H,8-11,13H2,1-4H3. The molecule has 0 aliphatic heterocycles. The molecule has 1 aliphatic carbocycles. The molecule has 0 saturated heterocycles. The highest BCUT2D eigenvalue weighted by atomic mass is 16.5. The molecule has 2 rings (SSSR count). The third-order valence-electron chi connectivity index (χ3n) is 4.82. The maximum absolute atomic E-state index is 5.36. The van der Waals surface area contributed by atoms with E-state index >= 15 is 0 Å². The molecule has 2 nitrogen and oxygen atoms in total. The first-order valence-corrected chi connectivity index (χ1v) is 8.44. The van der Waals surface area contributed by atoms with Crippen molar-refractivity contribution in [2.45, 2.75) is 52.5 Å². The summed E-state index contributed by atoms with van der Waals surface area (Å²) in [7, 11) is 1.75. The third kappa shape index (κ3) is 5.03. The van der Waals surface area contributed by atoms with Gasteiger partial charge in [0, 0.05) is 6.04 Å². The van der Waals surface area contributed by atoms with Gasteiger partial charge in [-0.15, -0.1) is 0 Å². The quantitative estimate of drug-likeness (QED) is 0.843. The maximum Gasteiger partial charge on any atom is 0.119 e. The Morgan fingerprint density at radius 3 is 2.76 bits per heavy atom. The molecule has 0 heterocycles. The van der Waals surface area contributed by atoms with Crippen LogP contribution in [0.5, 0.6) is 5.75 Å². The molecule has 1 saturated carbocycles. The number of ether oxygens (including phenoxy) is 1. The van der Waals surface area contributed by atoms with Crippen LogP contribution in [0.4, 0.5) is 0 Å². The van der Waals surface area contributed by atoms with E-state index in [1.807, 2.05) is 6.07 Å². The zero-order chi connectivity index (χ0) is 15.2. The van der Waals surface area contributed by atoms with Crippen molar-refractivity contribution in [1.29, 1.82) is 0 Å². The summed E-state index contributed by atoms with van der Waals surface area (Å²) < 4.78 is 5.36.